The summed E-state index contributed by atoms with van der Waals surface area (Å²) in [7, 11) is 0. The maximum absolute atomic E-state index is 13.7. The number of hydrogen-bond acceptors (Lipinski definition) is 3. The van der Waals surface area contributed by atoms with Crippen LogP contribution >= 0.6 is 0 Å². The molecule has 0 saturated heterocycles. The Balaban J connectivity index is 0.00000167. The fourth-order valence-corrected chi connectivity index (χ4v) is 4.00. The number of carbonyl (C=O) groups excluding carboxylic acids is 1. The molecule has 0 saturated carbocycles. The number of aliphatic imine (C=N–C) groups is 1. The molecule has 182 valence electrons. The van der Waals surface area contributed by atoms with Crippen molar-refractivity contribution in [3.8, 4) is 5.75 Å². The third-order valence-electron chi connectivity index (χ3n) is 6.38. The van der Waals surface area contributed by atoms with Crippen molar-refractivity contribution < 1.29 is 9.53 Å². The van der Waals surface area contributed by atoms with Crippen LogP contribution in [0.15, 0.2) is 83.9 Å². The lowest BCUT2D eigenvalue weighted by molar-refractivity contribution is 0.103. The molecule has 0 unspecified atom stereocenters. The molecule has 0 atom stereocenters. The van der Waals surface area contributed by atoms with E-state index in [9.17, 15) is 4.79 Å². The second-order valence-electron chi connectivity index (χ2n) is 9.08. The monoisotopic (exact) mass is 467 g/mol. The summed E-state index contributed by atoms with van der Waals surface area (Å²) in [6, 6.07) is 23.7. The van der Waals surface area contributed by atoms with Gasteiger partial charge in [-0.25, -0.2) is 0 Å². The molecule has 4 rings (SSSR count). The Bertz CT molecular complexity index is 1190. The molecule has 0 bridgehead atoms. The van der Waals surface area contributed by atoms with Crippen molar-refractivity contribution >= 4 is 17.7 Å². The summed E-state index contributed by atoms with van der Waals surface area (Å²) in [5.41, 5.74) is 5.15. The molecule has 35 heavy (non-hydrogen) atoms. The maximum Gasteiger partial charge on any atom is 0.196 e. The van der Waals surface area contributed by atoms with Crippen molar-refractivity contribution in [1.82, 2.24) is 0 Å². The van der Waals surface area contributed by atoms with Gasteiger partial charge in [-0.3, -0.25) is 9.79 Å². The van der Waals surface area contributed by atoms with E-state index in [0.717, 1.165) is 41.6 Å². The minimum Gasteiger partial charge on any atom is -0.488 e. The molecule has 0 fully saturated rings. The van der Waals surface area contributed by atoms with E-state index in [2.05, 4.69) is 37.9 Å². The van der Waals surface area contributed by atoms with Crippen LogP contribution in [0.25, 0.3) is 5.70 Å². The first-order chi connectivity index (χ1) is 17.0. The lowest BCUT2D eigenvalue weighted by Gasteiger charge is -2.27. The number of ketones is 1. The quantitative estimate of drug-likeness (QED) is 0.312. The summed E-state index contributed by atoms with van der Waals surface area (Å²) >= 11 is 0. The normalized spacial score (nSPS) is 12.9. The zero-order valence-corrected chi connectivity index (χ0v) is 21.7. The van der Waals surface area contributed by atoms with Gasteiger partial charge in [0.2, 0.25) is 0 Å². The summed E-state index contributed by atoms with van der Waals surface area (Å²) in [6.45, 7) is 11.0. The smallest absolute Gasteiger partial charge is 0.196 e. The summed E-state index contributed by atoms with van der Waals surface area (Å²) in [5.74, 6) is 0.646. The molecule has 3 aromatic rings. The molecule has 0 radical (unpaired) electrons. The molecule has 0 amide bonds. The van der Waals surface area contributed by atoms with Crippen LogP contribution in [0.3, 0.4) is 0 Å². The third kappa shape index (κ3) is 6.36. The maximum atomic E-state index is 13.7. The highest BCUT2D eigenvalue weighted by Gasteiger charge is 2.27. The zero-order valence-electron chi connectivity index (χ0n) is 21.7. The Kier molecular flexibility index (Phi) is 9.19. The van der Waals surface area contributed by atoms with Gasteiger partial charge >= 0.3 is 0 Å². The third-order valence-corrected chi connectivity index (χ3v) is 6.38. The van der Waals surface area contributed by atoms with Crippen molar-refractivity contribution in [2.45, 2.75) is 65.9 Å². The van der Waals surface area contributed by atoms with Gasteiger partial charge in [-0.05, 0) is 42.4 Å². The van der Waals surface area contributed by atoms with Crippen LogP contribution in [-0.4, -0.2) is 12.0 Å². The fourth-order valence-electron chi connectivity index (χ4n) is 4.00. The van der Waals surface area contributed by atoms with Gasteiger partial charge in [-0.15, -0.1) is 0 Å². The first-order valence-corrected chi connectivity index (χ1v) is 12.7. The van der Waals surface area contributed by atoms with Crippen LogP contribution < -0.4 is 4.74 Å². The minimum absolute atomic E-state index is 0.0333. The molecule has 1 aliphatic heterocycles. The first kappa shape index (κ1) is 26.2. The van der Waals surface area contributed by atoms with Gasteiger partial charge in [0.05, 0.1) is 11.3 Å². The minimum atomic E-state index is -0.119. The zero-order chi connectivity index (χ0) is 25.3. The van der Waals surface area contributed by atoms with E-state index in [4.69, 9.17) is 4.74 Å². The fraction of sp³-hybridized carbons (Fsp3) is 0.312. The predicted octanol–water partition coefficient (Wildman–Crippen LogP) is 8.42. The van der Waals surface area contributed by atoms with Crippen LogP contribution in [0.5, 0.6) is 5.75 Å². The summed E-state index contributed by atoms with van der Waals surface area (Å²) in [6.07, 6.45) is 6.94. The second kappa shape index (κ2) is 12.3. The number of rotatable bonds is 8. The molecule has 1 heterocycles. The van der Waals surface area contributed by atoms with Gasteiger partial charge in [0, 0.05) is 22.9 Å². The van der Waals surface area contributed by atoms with Gasteiger partial charge in [0.1, 0.15) is 12.4 Å². The van der Waals surface area contributed by atoms with Crippen molar-refractivity contribution in [2.75, 3.05) is 0 Å². The Morgan fingerprint density at radius 1 is 0.943 bits per heavy atom. The molecule has 3 heteroatoms. The number of allylic oxidation sites excluding steroid dienone is 1. The van der Waals surface area contributed by atoms with Crippen LogP contribution in [0.1, 0.15) is 86.5 Å². The molecular weight excluding hydrogens is 430 g/mol. The first-order valence-electron chi connectivity index (χ1n) is 12.7. The molecule has 0 N–H and O–H groups in total. The van der Waals surface area contributed by atoms with E-state index in [0.29, 0.717) is 23.5 Å². The summed E-state index contributed by atoms with van der Waals surface area (Å²) in [4.78, 5) is 18.3. The van der Waals surface area contributed by atoms with Crippen LogP contribution in [0.4, 0.5) is 0 Å². The standard InChI is InChI=1S/C30H31NO2.C2H6/c1-4-30(2,3)26-17-11-16-25(29(26)33-21-22-12-6-5-7-13-22)28(32)24-15-10-14-23(20-24)27-18-8-9-19-31-27;1-2/h5-7,10-20H,4,8-9,21H2,1-3H3;1-2H3. The average molecular weight is 468 g/mol. The van der Waals surface area contributed by atoms with Crippen LogP contribution in [0.2, 0.25) is 0 Å². The molecule has 0 aromatic heterocycles. The molecule has 3 nitrogen and oxygen atoms in total. The van der Waals surface area contributed by atoms with Crippen LogP contribution in [-0.2, 0) is 12.0 Å². The number of hydrogen-bond donors (Lipinski definition) is 0. The number of carbonyl (C=O) groups is 1. The lowest BCUT2D eigenvalue weighted by atomic mass is 9.80. The largest absolute Gasteiger partial charge is 0.488 e. The highest BCUT2D eigenvalue weighted by molar-refractivity contribution is 6.11. The van der Waals surface area contributed by atoms with Gasteiger partial charge in [0.15, 0.2) is 5.78 Å². The van der Waals surface area contributed by atoms with E-state index in [1.54, 1.807) is 0 Å². The summed E-state index contributed by atoms with van der Waals surface area (Å²) < 4.78 is 6.38. The van der Waals surface area contributed by atoms with E-state index >= 15 is 0 Å². The molecular formula is C32H37NO2. The molecule has 1 aliphatic rings. The number of para-hydroxylation sites is 1. The molecule has 3 aromatic carbocycles. The highest BCUT2D eigenvalue weighted by atomic mass is 16.5. The average Bonchev–Trinajstić information content (AvgIpc) is 2.93. The second-order valence-corrected chi connectivity index (χ2v) is 9.08. The van der Waals surface area contributed by atoms with Crippen molar-refractivity contribution in [2.24, 2.45) is 4.99 Å². The number of ether oxygens (including phenoxy) is 1. The Labute approximate surface area is 210 Å². The predicted molar refractivity (Wildman–Crippen MR) is 147 cm³/mol. The van der Waals surface area contributed by atoms with E-state index in [1.165, 1.54) is 0 Å². The van der Waals surface area contributed by atoms with Crippen molar-refractivity contribution in [1.29, 1.82) is 0 Å². The van der Waals surface area contributed by atoms with E-state index < -0.39 is 0 Å². The van der Waals surface area contributed by atoms with Gasteiger partial charge in [0.25, 0.3) is 0 Å². The Morgan fingerprint density at radius 3 is 2.37 bits per heavy atom. The van der Waals surface area contributed by atoms with Crippen LogP contribution in [0, 0.1) is 0 Å². The Morgan fingerprint density at radius 2 is 1.69 bits per heavy atom. The topological polar surface area (TPSA) is 38.7 Å². The van der Waals surface area contributed by atoms with E-state index in [1.807, 2.05) is 86.8 Å². The molecule has 0 spiro atoms. The van der Waals surface area contributed by atoms with Crippen molar-refractivity contribution in [3.05, 3.63) is 107 Å². The van der Waals surface area contributed by atoms with E-state index in [-0.39, 0.29) is 11.2 Å². The van der Waals surface area contributed by atoms with Gasteiger partial charge < -0.3 is 4.74 Å². The van der Waals surface area contributed by atoms with Crippen molar-refractivity contribution in [3.63, 3.8) is 0 Å². The van der Waals surface area contributed by atoms with Gasteiger partial charge in [-0.2, -0.15) is 0 Å². The summed E-state index contributed by atoms with van der Waals surface area (Å²) in [5, 5.41) is 0. The SMILES string of the molecule is CC.CCC(C)(C)c1cccc(C(=O)c2cccc(C3=CCCC=N3)c2)c1OCc1ccccc1. The number of nitrogens with zero attached hydrogens (tertiary/aromatic N) is 1. The highest BCUT2D eigenvalue weighted by Crippen LogP contribution is 2.38. The van der Waals surface area contributed by atoms with Gasteiger partial charge in [-0.1, -0.05) is 101 Å². The number of benzene rings is 3. The lowest BCUT2D eigenvalue weighted by Crippen LogP contribution is -2.19. The molecule has 0 aliphatic carbocycles. The Hall–Kier alpha value is -3.46.